The van der Waals surface area contributed by atoms with Gasteiger partial charge in [0.15, 0.2) is 16.7 Å². The number of hydrogen-bond acceptors (Lipinski definition) is 9. The number of ether oxygens (including phenoxy) is 1. The minimum Gasteiger partial charge on any atom is -0.478 e. The number of thiazole rings is 1. The molecular weight excluding hydrogens is 476 g/mol. The fourth-order valence-electron chi connectivity index (χ4n) is 3.24. The van der Waals surface area contributed by atoms with Crippen LogP contribution in [0.5, 0.6) is 5.88 Å². The minimum absolute atomic E-state index is 0.0506. The topological polar surface area (TPSA) is 114 Å². The zero-order chi connectivity index (χ0) is 24.5. The number of aryl methyl sites for hydroxylation is 2. The first kappa shape index (κ1) is 25.7. The van der Waals surface area contributed by atoms with E-state index in [1.54, 1.807) is 25.3 Å². The summed E-state index contributed by atoms with van der Waals surface area (Å²) in [7, 11) is 0. The zero-order valence-corrected chi connectivity index (χ0v) is 20.7. The Morgan fingerprint density at radius 1 is 1.18 bits per heavy atom. The lowest BCUT2D eigenvalue weighted by Gasteiger charge is -2.08. The molecule has 0 bridgehead atoms. The second-order valence-electron chi connectivity index (χ2n) is 7.78. The quantitative estimate of drug-likeness (QED) is 0.251. The van der Waals surface area contributed by atoms with Crippen LogP contribution in [0.4, 0.5) is 10.9 Å². The lowest BCUT2D eigenvalue weighted by atomic mass is 10.0. The number of carbonyl (C=O) groups excluding carboxylic acids is 2. The Hall–Kier alpha value is -2.88. The van der Waals surface area contributed by atoms with E-state index in [0.717, 1.165) is 30.4 Å². The SMILES string of the molecule is Cc1nc(Nc2ncc(C(=O)Cc3c(C)cccc3Cl)s2)cc(OCCCCCC(=O)CO)n1. The van der Waals surface area contributed by atoms with Gasteiger partial charge in [-0.15, -0.1) is 0 Å². The molecule has 0 atom stereocenters. The standard InChI is InChI=1S/C24H27ClN4O4S/c1-15-7-6-9-19(25)18(15)11-20(32)21-13-26-24(34-21)29-22-12-23(28-16(2)27-22)33-10-5-3-4-8-17(31)14-30/h6-7,9,12-13,30H,3-5,8,10-11,14H2,1-2H3,(H,26,27,28,29). The lowest BCUT2D eigenvalue weighted by Crippen LogP contribution is -2.05. The summed E-state index contributed by atoms with van der Waals surface area (Å²) in [5.41, 5.74) is 1.80. The summed E-state index contributed by atoms with van der Waals surface area (Å²) < 4.78 is 5.72. The molecule has 0 aliphatic heterocycles. The number of nitrogens with one attached hydrogen (secondary N) is 1. The number of aliphatic hydroxyl groups is 1. The van der Waals surface area contributed by atoms with E-state index in [0.29, 0.717) is 45.6 Å². The number of unbranched alkanes of at least 4 members (excludes halogenated alkanes) is 2. The van der Waals surface area contributed by atoms with Crippen molar-refractivity contribution in [2.45, 2.75) is 46.0 Å². The van der Waals surface area contributed by atoms with Crippen LogP contribution < -0.4 is 10.1 Å². The van der Waals surface area contributed by atoms with Gasteiger partial charge in [0.25, 0.3) is 0 Å². The third kappa shape index (κ3) is 7.58. The molecule has 34 heavy (non-hydrogen) atoms. The predicted octanol–water partition coefficient (Wildman–Crippen LogP) is 4.87. The van der Waals surface area contributed by atoms with E-state index in [-0.39, 0.29) is 18.0 Å². The highest BCUT2D eigenvalue weighted by atomic mass is 35.5. The van der Waals surface area contributed by atoms with E-state index in [1.807, 2.05) is 19.1 Å². The molecule has 2 heterocycles. The van der Waals surface area contributed by atoms with Crippen LogP contribution >= 0.6 is 22.9 Å². The third-order valence-electron chi connectivity index (χ3n) is 5.05. The Morgan fingerprint density at radius 2 is 2.00 bits per heavy atom. The van der Waals surface area contributed by atoms with Gasteiger partial charge in [-0.1, -0.05) is 35.1 Å². The second kappa shape index (κ2) is 12.5. The Morgan fingerprint density at radius 3 is 2.76 bits per heavy atom. The maximum absolute atomic E-state index is 12.7. The van der Waals surface area contributed by atoms with Gasteiger partial charge in [-0.2, -0.15) is 4.98 Å². The van der Waals surface area contributed by atoms with Crippen molar-refractivity contribution in [1.82, 2.24) is 15.0 Å². The van der Waals surface area contributed by atoms with Gasteiger partial charge in [-0.3, -0.25) is 9.59 Å². The highest BCUT2D eigenvalue weighted by molar-refractivity contribution is 7.17. The van der Waals surface area contributed by atoms with Gasteiger partial charge in [0.05, 0.1) is 17.7 Å². The number of ketones is 2. The molecule has 0 saturated carbocycles. The van der Waals surface area contributed by atoms with Crippen molar-refractivity contribution in [1.29, 1.82) is 0 Å². The van der Waals surface area contributed by atoms with Crippen LogP contribution in [-0.4, -0.2) is 44.8 Å². The minimum atomic E-state index is -0.401. The van der Waals surface area contributed by atoms with Crippen LogP contribution in [0.15, 0.2) is 30.5 Å². The van der Waals surface area contributed by atoms with Gasteiger partial charge in [-0.05, 0) is 50.3 Å². The van der Waals surface area contributed by atoms with Crippen LogP contribution in [0.2, 0.25) is 5.02 Å². The van der Waals surface area contributed by atoms with Crippen LogP contribution in [0.25, 0.3) is 0 Å². The number of halogens is 1. The Balaban J connectivity index is 1.55. The maximum atomic E-state index is 12.7. The number of rotatable bonds is 13. The van der Waals surface area contributed by atoms with Crippen molar-refractivity contribution in [2.24, 2.45) is 0 Å². The van der Waals surface area contributed by atoms with E-state index in [1.165, 1.54) is 11.3 Å². The van der Waals surface area contributed by atoms with Crippen molar-refractivity contribution in [3.63, 3.8) is 0 Å². The first-order chi connectivity index (χ1) is 16.4. The van der Waals surface area contributed by atoms with Crippen molar-refractivity contribution in [2.75, 3.05) is 18.5 Å². The van der Waals surface area contributed by atoms with Gasteiger partial charge in [0.1, 0.15) is 18.2 Å². The predicted molar refractivity (Wildman–Crippen MR) is 132 cm³/mol. The van der Waals surface area contributed by atoms with Crippen LogP contribution in [-0.2, 0) is 11.2 Å². The normalized spacial score (nSPS) is 10.8. The van der Waals surface area contributed by atoms with Crippen molar-refractivity contribution >= 4 is 45.5 Å². The van der Waals surface area contributed by atoms with Crippen LogP contribution in [0.1, 0.15) is 52.3 Å². The van der Waals surface area contributed by atoms with E-state index in [2.05, 4.69) is 20.3 Å². The number of carbonyl (C=O) groups is 2. The summed E-state index contributed by atoms with van der Waals surface area (Å²) in [6, 6.07) is 7.26. The fraction of sp³-hybridized carbons (Fsp3) is 0.375. The summed E-state index contributed by atoms with van der Waals surface area (Å²) >= 11 is 7.51. The van der Waals surface area contributed by atoms with E-state index < -0.39 is 6.61 Å². The fourth-order valence-corrected chi connectivity index (χ4v) is 4.29. The first-order valence-electron chi connectivity index (χ1n) is 11.0. The van der Waals surface area contributed by atoms with Crippen molar-refractivity contribution in [3.8, 4) is 5.88 Å². The molecule has 0 spiro atoms. The number of hydrogen-bond donors (Lipinski definition) is 2. The summed E-state index contributed by atoms with van der Waals surface area (Å²) in [5, 5.41) is 13.0. The van der Waals surface area contributed by atoms with Crippen molar-refractivity contribution < 1.29 is 19.4 Å². The largest absolute Gasteiger partial charge is 0.478 e. The third-order valence-corrected chi connectivity index (χ3v) is 6.35. The van der Waals surface area contributed by atoms with Gasteiger partial charge < -0.3 is 15.2 Å². The number of nitrogens with zero attached hydrogens (tertiary/aromatic N) is 3. The molecule has 3 aromatic rings. The van der Waals surface area contributed by atoms with Crippen molar-refractivity contribution in [3.05, 3.63) is 57.3 Å². The molecule has 0 saturated heterocycles. The lowest BCUT2D eigenvalue weighted by molar-refractivity contribution is -0.121. The Bertz CT molecular complexity index is 1130. The second-order valence-corrected chi connectivity index (χ2v) is 9.22. The molecule has 0 aliphatic carbocycles. The number of Topliss-reactive ketones (excluding diaryl/α,β-unsaturated/α-hetero) is 2. The summed E-state index contributed by atoms with van der Waals surface area (Å²) in [4.78, 5) is 37.3. The Labute approximate surface area is 207 Å². The molecule has 0 unspecified atom stereocenters. The van der Waals surface area contributed by atoms with E-state index in [4.69, 9.17) is 21.4 Å². The molecule has 180 valence electrons. The van der Waals surface area contributed by atoms with Crippen LogP contribution in [0.3, 0.4) is 0 Å². The van der Waals surface area contributed by atoms with E-state index in [9.17, 15) is 9.59 Å². The Kier molecular flexibility index (Phi) is 9.50. The van der Waals surface area contributed by atoms with E-state index >= 15 is 0 Å². The molecule has 8 nitrogen and oxygen atoms in total. The molecule has 0 aliphatic rings. The molecule has 0 radical (unpaired) electrons. The van der Waals surface area contributed by atoms with Gasteiger partial charge >= 0.3 is 0 Å². The highest BCUT2D eigenvalue weighted by Crippen LogP contribution is 2.26. The highest BCUT2D eigenvalue weighted by Gasteiger charge is 2.15. The zero-order valence-electron chi connectivity index (χ0n) is 19.1. The molecule has 2 aromatic heterocycles. The molecule has 0 fully saturated rings. The number of aliphatic hydroxyl groups excluding tert-OH is 1. The average Bonchev–Trinajstić information content (AvgIpc) is 3.26. The molecule has 0 amide bonds. The summed E-state index contributed by atoms with van der Waals surface area (Å²) in [6.45, 7) is 3.76. The molecule has 3 rings (SSSR count). The maximum Gasteiger partial charge on any atom is 0.218 e. The number of anilines is 2. The summed E-state index contributed by atoms with van der Waals surface area (Å²) in [6.07, 6.45) is 4.46. The smallest absolute Gasteiger partial charge is 0.218 e. The molecule has 10 heteroatoms. The van der Waals surface area contributed by atoms with Gasteiger partial charge in [0, 0.05) is 23.9 Å². The number of aromatic nitrogens is 3. The number of benzene rings is 1. The average molecular weight is 503 g/mol. The molecular formula is C24H27ClN4O4S. The van der Waals surface area contributed by atoms with Gasteiger partial charge in [-0.25, -0.2) is 9.97 Å². The summed E-state index contributed by atoms with van der Waals surface area (Å²) in [5.74, 6) is 1.30. The van der Waals surface area contributed by atoms with Crippen LogP contribution in [0, 0.1) is 13.8 Å². The van der Waals surface area contributed by atoms with Gasteiger partial charge in [0.2, 0.25) is 5.88 Å². The first-order valence-corrected chi connectivity index (χ1v) is 12.2. The molecule has 1 aromatic carbocycles. The molecule has 2 N–H and O–H groups in total. The monoisotopic (exact) mass is 502 g/mol.